The molecule has 35 heavy (non-hydrogen) atoms. The van der Waals surface area contributed by atoms with Gasteiger partial charge in [0.05, 0.1) is 0 Å². The minimum absolute atomic E-state index is 0.124. The number of nitrogens with one attached hydrogen (secondary N) is 2. The lowest BCUT2D eigenvalue weighted by molar-refractivity contribution is -0.143. The van der Waals surface area contributed by atoms with Gasteiger partial charge in [0, 0.05) is 12.8 Å². The normalized spacial score (nSPS) is 13.7. The van der Waals surface area contributed by atoms with E-state index in [1.54, 1.807) is 0 Å². The minimum Gasteiger partial charge on any atom is -0.480 e. The maximum atomic E-state index is 12.1. The summed E-state index contributed by atoms with van der Waals surface area (Å²) in [5.41, 5.74) is 5.33. The van der Waals surface area contributed by atoms with E-state index in [9.17, 15) is 34.2 Å². The third-order valence-electron chi connectivity index (χ3n) is 5.42. The summed E-state index contributed by atoms with van der Waals surface area (Å²) in [4.78, 5) is 57.6. The number of hydrogen-bond acceptors (Lipinski definition) is 6. The van der Waals surface area contributed by atoms with Gasteiger partial charge >= 0.3 is 17.9 Å². The van der Waals surface area contributed by atoms with Crippen LogP contribution >= 0.6 is 0 Å². The number of carbonyl (C=O) groups excluding carboxylic acids is 2. The Morgan fingerprint density at radius 1 is 0.743 bits per heavy atom. The lowest BCUT2D eigenvalue weighted by atomic mass is 10.1. The molecule has 7 N–H and O–H groups in total. The van der Waals surface area contributed by atoms with Gasteiger partial charge in [-0.2, -0.15) is 0 Å². The van der Waals surface area contributed by atoms with Gasteiger partial charge in [-0.15, -0.1) is 0 Å². The number of nitrogens with two attached hydrogens (primary N) is 1. The molecule has 11 heteroatoms. The van der Waals surface area contributed by atoms with Gasteiger partial charge in [0.25, 0.3) is 0 Å². The first kappa shape index (κ1) is 32.0. The highest BCUT2D eigenvalue weighted by Gasteiger charge is 2.23. The number of unbranched alkanes of at least 4 members (excludes halogenated alkanes) is 8. The van der Waals surface area contributed by atoms with Gasteiger partial charge in [0.1, 0.15) is 18.1 Å². The maximum absolute atomic E-state index is 12.1. The van der Waals surface area contributed by atoms with E-state index < -0.39 is 47.8 Å². The van der Waals surface area contributed by atoms with Crippen LogP contribution in [-0.4, -0.2) is 63.2 Å². The zero-order valence-corrected chi connectivity index (χ0v) is 20.5. The summed E-state index contributed by atoms with van der Waals surface area (Å²) in [6.07, 6.45) is 11.7. The first-order valence-electron chi connectivity index (χ1n) is 12.3. The number of carboxylic acid groups (broad SMARTS) is 3. The molecule has 0 aliphatic heterocycles. The summed E-state index contributed by atoms with van der Waals surface area (Å²) < 4.78 is 0. The van der Waals surface area contributed by atoms with E-state index in [1.165, 1.54) is 38.2 Å². The Morgan fingerprint density at radius 3 is 1.80 bits per heavy atom. The van der Waals surface area contributed by atoms with Crippen LogP contribution in [0.4, 0.5) is 0 Å². The topological polar surface area (TPSA) is 196 Å². The van der Waals surface area contributed by atoms with Gasteiger partial charge in [-0.3, -0.25) is 14.4 Å². The molecule has 0 saturated heterocycles. The SMILES string of the molecule is CCCCCCCCCCCC(=O)N[C@H](CCC(=O)N[C@@H](/C=C/C[C@@H](N)C(=O)O)C(=O)O)C(=O)O. The summed E-state index contributed by atoms with van der Waals surface area (Å²) in [5, 5.41) is 31.9. The molecule has 0 radical (unpaired) electrons. The predicted molar refractivity (Wildman–Crippen MR) is 130 cm³/mol. The van der Waals surface area contributed by atoms with Gasteiger partial charge in [-0.25, -0.2) is 9.59 Å². The molecular formula is C24H41N3O8. The van der Waals surface area contributed by atoms with Crippen LogP contribution in [0.1, 0.15) is 90.4 Å². The van der Waals surface area contributed by atoms with E-state index in [1.807, 2.05) is 0 Å². The van der Waals surface area contributed by atoms with Crippen LogP contribution in [-0.2, 0) is 24.0 Å². The summed E-state index contributed by atoms with van der Waals surface area (Å²) in [6, 6.07) is -3.89. The monoisotopic (exact) mass is 499 g/mol. The van der Waals surface area contributed by atoms with Crippen LogP contribution in [0.2, 0.25) is 0 Å². The molecule has 0 aliphatic rings. The Labute approximate surface area is 206 Å². The fourth-order valence-electron chi connectivity index (χ4n) is 3.30. The van der Waals surface area contributed by atoms with Crippen molar-refractivity contribution in [3.63, 3.8) is 0 Å². The van der Waals surface area contributed by atoms with E-state index in [-0.39, 0.29) is 25.7 Å². The van der Waals surface area contributed by atoms with E-state index in [0.717, 1.165) is 25.3 Å². The molecule has 0 aromatic heterocycles. The molecular weight excluding hydrogens is 458 g/mol. The Balaban J connectivity index is 4.36. The molecule has 0 fully saturated rings. The Hall–Kier alpha value is -2.95. The van der Waals surface area contributed by atoms with E-state index >= 15 is 0 Å². The highest BCUT2D eigenvalue weighted by atomic mass is 16.4. The number of aliphatic carboxylic acids is 3. The lowest BCUT2D eigenvalue weighted by Crippen LogP contribution is -2.43. The molecule has 0 rings (SSSR count). The molecule has 0 spiro atoms. The molecule has 0 aromatic rings. The molecule has 0 bridgehead atoms. The van der Waals surface area contributed by atoms with Gasteiger partial charge in [-0.1, -0.05) is 70.4 Å². The zero-order valence-electron chi connectivity index (χ0n) is 20.5. The van der Waals surface area contributed by atoms with Crippen LogP contribution < -0.4 is 16.4 Å². The lowest BCUT2D eigenvalue weighted by Gasteiger charge is -2.15. The third kappa shape index (κ3) is 17.2. The second-order valence-electron chi connectivity index (χ2n) is 8.57. The van der Waals surface area contributed by atoms with Crippen molar-refractivity contribution >= 4 is 29.7 Å². The number of rotatable bonds is 21. The largest absolute Gasteiger partial charge is 0.480 e. The standard InChI is InChI=1S/C24H41N3O8/c1-2-3-4-5-6-7-8-9-10-14-20(28)27-19(24(34)35)15-16-21(29)26-18(23(32)33)13-11-12-17(25)22(30)31/h11,13,17-19H,2-10,12,14-16,25H2,1H3,(H,26,29)(H,27,28)(H,30,31)(H,32,33)(H,34,35)/b13-11+/t17-,18+,19-/m1/s1. The second kappa shape index (κ2) is 19.4. The molecule has 0 saturated carbocycles. The second-order valence-corrected chi connectivity index (χ2v) is 8.57. The Kier molecular flexibility index (Phi) is 17.7. The van der Waals surface area contributed by atoms with Crippen LogP contribution in [0.3, 0.4) is 0 Å². The van der Waals surface area contributed by atoms with Gasteiger partial charge < -0.3 is 31.7 Å². The smallest absolute Gasteiger partial charge is 0.330 e. The fraction of sp³-hybridized carbons (Fsp3) is 0.708. The zero-order chi connectivity index (χ0) is 26.6. The molecule has 11 nitrogen and oxygen atoms in total. The number of carbonyl (C=O) groups is 5. The first-order chi connectivity index (χ1) is 16.6. The first-order valence-corrected chi connectivity index (χ1v) is 12.3. The van der Waals surface area contributed by atoms with Crippen molar-refractivity contribution in [1.29, 1.82) is 0 Å². The Morgan fingerprint density at radius 2 is 1.29 bits per heavy atom. The average Bonchev–Trinajstić information content (AvgIpc) is 2.79. The molecule has 0 unspecified atom stereocenters. The van der Waals surface area contributed by atoms with Crippen molar-refractivity contribution in [2.24, 2.45) is 5.73 Å². The van der Waals surface area contributed by atoms with Crippen molar-refractivity contribution in [3.8, 4) is 0 Å². The van der Waals surface area contributed by atoms with E-state index in [2.05, 4.69) is 17.6 Å². The summed E-state index contributed by atoms with van der Waals surface area (Å²) in [7, 11) is 0. The van der Waals surface area contributed by atoms with Crippen LogP contribution in [0.25, 0.3) is 0 Å². The average molecular weight is 500 g/mol. The fourth-order valence-corrected chi connectivity index (χ4v) is 3.30. The molecule has 3 atom stereocenters. The molecule has 200 valence electrons. The summed E-state index contributed by atoms with van der Waals surface area (Å²) in [5.74, 6) is -5.02. The van der Waals surface area contributed by atoms with Crippen LogP contribution in [0.15, 0.2) is 12.2 Å². The van der Waals surface area contributed by atoms with Gasteiger partial charge in [0.2, 0.25) is 11.8 Å². The molecule has 0 aromatic carbocycles. The quantitative estimate of drug-likeness (QED) is 0.101. The minimum atomic E-state index is -1.42. The predicted octanol–water partition coefficient (Wildman–Crippen LogP) is 2.18. The summed E-state index contributed by atoms with van der Waals surface area (Å²) >= 11 is 0. The highest BCUT2D eigenvalue weighted by molar-refractivity contribution is 5.86. The van der Waals surface area contributed by atoms with E-state index in [4.69, 9.17) is 10.8 Å². The molecule has 0 heterocycles. The van der Waals surface area contributed by atoms with Crippen molar-refractivity contribution in [2.75, 3.05) is 0 Å². The van der Waals surface area contributed by atoms with Gasteiger partial charge in [-0.05, 0) is 19.3 Å². The third-order valence-corrected chi connectivity index (χ3v) is 5.42. The highest BCUT2D eigenvalue weighted by Crippen LogP contribution is 2.10. The molecule has 0 aliphatic carbocycles. The number of amides is 2. The van der Waals surface area contributed by atoms with Crippen LogP contribution in [0, 0.1) is 0 Å². The summed E-state index contributed by atoms with van der Waals surface area (Å²) in [6.45, 7) is 2.17. The molecule has 2 amide bonds. The van der Waals surface area contributed by atoms with Crippen molar-refractivity contribution in [1.82, 2.24) is 10.6 Å². The van der Waals surface area contributed by atoms with E-state index in [0.29, 0.717) is 6.42 Å². The van der Waals surface area contributed by atoms with Crippen molar-refractivity contribution in [2.45, 2.75) is 109 Å². The number of hydrogen-bond donors (Lipinski definition) is 6. The number of carboxylic acids is 3. The van der Waals surface area contributed by atoms with Crippen molar-refractivity contribution < 1.29 is 39.3 Å². The Bertz CT molecular complexity index is 711. The van der Waals surface area contributed by atoms with Gasteiger partial charge in [0.15, 0.2) is 0 Å². The van der Waals surface area contributed by atoms with Crippen molar-refractivity contribution in [3.05, 3.63) is 12.2 Å². The maximum Gasteiger partial charge on any atom is 0.330 e. The van der Waals surface area contributed by atoms with Crippen LogP contribution in [0.5, 0.6) is 0 Å².